The summed E-state index contributed by atoms with van der Waals surface area (Å²) >= 11 is 0. The molecule has 0 saturated carbocycles. The lowest BCUT2D eigenvalue weighted by Crippen LogP contribution is -2.08. The molecule has 0 saturated heterocycles. The molecule has 0 aliphatic rings. The summed E-state index contributed by atoms with van der Waals surface area (Å²) in [6.45, 7) is 2.58. The number of hydrogen-bond acceptors (Lipinski definition) is 4. The van der Waals surface area contributed by atoms with E-state index in [1.165, 1.54) is 6.33 Å². The first-order valence-corrected chi connectivity index (χ1v) is 6.52. The summed E-state index contributed by atoms with van der Waals surface area (Å²) in [7, 11) is 0. The fraction of sp³-hybridized carbons (Fsp3) is 0.267. The third-order valence-electron chi connectivity index (χ3n) is 3.01. The molecular formula is C15H17N3O2. The zero-order valence-corrected chi connectivity index (χ0v) is 11.3. The normalized spacial score (nSPS) is 10.2. The number of nitrogens with one attached hydrogen (secondary N) is 1. The highest BCUT2D eigenvalue weighted by Crippen LogP contribution is 2.12. The van der Waals surface area contributed by atoms with Crippen LogP contribution in [0, 0.1) is 0 Å². The third kappa shape index (κ3) is 3.78. The Bertz CT molecular complexity index is 599. The number of aryl methyl sites for hydroxylation is 1. The molecule has 0 spiro atoms. The molecule has 0 unspecified atom stereocenters. The molecule has 20 heavy (non-hydrogen) atoms. The Balaban J connectivity index is 2.08. The molecule has 2 N–H and O–H groups in total. The topological polar surface area (TPSA) is 75.1 Å². The number of rotatable bonds is 6. The van der Waals surface area contributed by atoms with Crippen LogP contribution in [0.2, 0.25) is 0 Å². The monoisotopic (exact) mass is 271 g/mol. The van der Waals surface area contributed by atoms with Crippen molar-refractivity contribution in [3.8, 4) is 0 Å². The molecule has 104 valence electrons. The second-order valence-corrected chi connectivity index (χ2v) is 4.44. The van der Waals surface area contributed by atoms with Gasteiger partial charge < -0.3 is 10.4 Å². The van der Waals surface area contributed by atoms with Crippen LogP contribution >= 0.6 is 0 Å². The molecule has 0 aliphatic heterocycles. The molecule has 1 aromatic heterocycles. The Morgan fingerprint density at radius 1 is 1.25 bits per heavy atom. The van der Waals surface area contributed by atoms with E-state index in [-0.39, 0.29) is 6.42 Å². The molecule has 0 atom stereocenters. The van der Waals surface area contributed by atoms with Gasteiger partial charge in [-0.25, -0.2) is 9.97 Å². The molecule has 1 aromatic carbocycles. The second kappa shape index (κ2) is 6.65. The van der Waals surface area contributed by atoms with Gasteiger partial charge in [0.2, 0.25) is 0 Å². The molecule has 0 fully saturated rings. The van der Waals surface area contributed by atoms with Gasteiger partial charge in [-0.3, -0.25) is 4.79 Å². The number of anilines is 1. The molecule has 0 aliphatic carbocycles. The minimum Gasteiger partial charge on any atom is -0.481 e. The highest BCUT2D eigenvalue weighted by atomic mass is 16.4. The van der Waals surface area contributed by atoms with Gasteiger partial charge in [-0.15, -0.1) is 0 Å². The van der Waals surface area contributed by atoms with Crippen molar-refractivity contribution in [2.45, 2.75) is 26.3 Å². The number of carboxylic acids is 1. The largest absolute Gasteiger partial charge is 0.481 e. The SMILES string of the molecule is CCc1cc(NCc2ccccc2CC(=O)O)ncn1. The van der Waals surface area contributed by atoms with Gasteiger partial charge in [0.15, 0.2) is 0 Å². The van der Waals surface area contributed by atoms with Crippen LogP contribution in [0.25, 0.3) is 0 Å². The van der Waals surface area contributed by atoms with Crippen LogP contribution in [-0.2, 0) is 24.2 Å². The van der Waals surface area contributed by atoms with Crippen LogP contribution in [0.1, 0.15) is 23.7 Å². The molecule has 0 amide bonds. The molecule has 1 heterocycles. The summed E-state index contributed by atoms with van der Waals surface area (Å²) in [6, 6.07) is 9.41. The maximum Gasteiger partial charge on any atom is 0.307 e. The Labute approximate surface area is 117 Å². The third-order valence-corrected chi connectivity index (χ3v) is 3.01. The van der Waals surface area contributed by atoms with E-state index in [2.05, 4.69) is 15.3 Å². The summed E-state index contributed by atoms with van der Waals surface area (Å²) in [4.78, 5) is 19.1. The zero-order valence-electron chi connectivity index (χ0n) is 11.3. The summed E-state index contributed by atoms with van der Waals surface area (Å²) in [5.74, 6) is -0.0743. The van der Waals surface area contributed by atoms with Crippen LogP contribution in [0.3, 0.4) is 0 Å². The highest BCUT2D eigenvalue weighted by Gasteiger charge is 2.06. The van der Waals surface area contributed by atoms with Crippen LogP contribution in [0.4, 0.5) is 5.82 Å². The predicted octanol–water partition coefficient (Wildman–Crippen LogP) is 2.28. The van der Waals surface area contributed by atoms with E-state index in [0.29, 0.717) is 6.54 Å². The molecule has 0 radical (unpaired) electrons. The van der Waals surface area contributed by atoms with E-state index in [1.807, 2.05) is 37.3 Å². The minimum atomic E-state index is -0.826. The average Bonchev–Trinajstić information content (AvgIpc) is 2.46. The smallest absolute Gasteiger partial charge is 0.307 e. The van der Waals surface area contributed by atoms with Crippen molar-refractivity contribution in [1.82, 2.24) is 9.97 Å². The van der Waals surface area contributed by atoms with Crippen molar-refractivity contribution in [3.63, 3.8) is 0 Å². The molecule has 5 heteroatoms. The summed E-state index contributed by atoms with van der Waals surface area (Å²) in [5.41, 5.74) is 2.75. The van der Waals surface area contributed by atoms with Gasteiger partial charge in [0.1, 0.15) is 12.1 Å². The van der Waals surface area contributed by atoms with Crippen LogP contribution in [-0.4, -0.2) is 21.0 Å². The Kier molecular flexibility index (Phi) is 4.65. The zero-order chi connectivity index (χ0) is 14.4. The van der Waals surface area contributed by atoms with E-state index in [0.717, 1.165) is 29.1 Å². The van der Waals surface area contributed by atoms with Gasteiger partial charge in [0.25, 0.3) is 0 Å². The summed E-state index contributed by atoms with van der Waals surface area (Å²) in [5, 5.41) is 12.1. The van der Waals surface area contributed by atoms with Crippen molar-refractivity contribution < 1.29 is 9.90 Å². The fourth-order valence-electron chi connectivity index (χ4n) is 1.94. The number of aromatic nitrogens is 2. The Morgan fingerprint density at radius 2 is 2.00 bits per heavy atom. The Morgan fingerprint density at radius 3 is 2.70 bits per heavy atom. The van der Waals surface area contributed by atoms with Crippen molar-refractivity contribution in [3.05, 3.63) is 53.5 Å². The average molecular weight is 271 g/mol. The Hall–Kier alpha value is -2.43. The number of carboxylic acid groups (broad SMARTS) is 1. The standard InChI is InChI=1S/C15H17N3O2/c1-2-13-8-14(18-10-17-13)16-9-12-6-4-3-5-11(12)7-15(19)20/h3-6,8,10H,2,7,9H2,1H3,(H,19,20)(H,16,17,18). The maximum atomic E-state index is 10.8. The second-order valence-electron chi connectivity index (χ2n) is 4.44. The molecular weight excluding hydrogens is 254 g/mol. The first kappa shape index (κ1) is 14.0. The number of carbonyl (C=O) groups is 1. The lowest BCUT2D eigenvalue weighted by atomic mass is 10.0. The molecule has 0 bridgehead atoms. The van der Waals surface area contributed by atoms with Gasteiger partial charge in [0, 0.05) is 18.3 Å². The van der Waals surface area contributed by atoms with Crippen molar-refractivity contribution in [2.24, 2.45) is 0 Å². The maximum absolute atomic E-state index is 10.8. The summed E-state index contributed by atoms with van der Waals surface area (Å²) in [6.07, 6.45) is 2.42. The summed E-state index contributed by atoms with van der Waals surface area (Å²) < 4.78 is 0. The lowest BCUT2D eigenvalue weighted by Gasteiger charge is -2.10. The first-order chi connectivity index (χ1) is 9.69. The number of hydrogen-bond donors (Lipinski definition) is 2. The number of nitrogens with zero attached hydrogens (tertiary/aromatic N) is 2. The number of aliphatic carboxylic acids is 1. The van der Waals surface area contributed by atoms with E-state index >= 15 is 0 Å². The first-order valence-electron chi connectivity index (χ1n) is 6.52. The van der Waals surface area contributed by atoms with Crippen LogP contribution in [0.15, 0.2) is 36.7 Å². The van der Waals surface area contributed by atoms with Gasteiger partial charge in [-0.1, -0.05) is 31.2 Å². The quantitative estimate of drug-likeness (QED) is 0.843. The van der Waals surface area contributed by atoms with Crippen LogP contribution in [0.5, 0.6) is 0 Å². The van der Waals surface area contributed by atoms with Gasteiger partial charge >= 0.3 is 5.97 Å². The van der Waals surface area contributed by atoms with Crippen molar-refractivity contribution in [2.75, 3.05) is 5.32 Å². The van der Waals surface area contributed by atoms with Crippen molar-refractivity contribution in [1.29, 1.82) is 0 Å². The van der Waals surface area contributed by atoms with Gasteiger partial charge in [-0.05, 0) is 17.5 Å². The minimum absolute atomic E-state index is 0.0296. The highest BCUT2D eigenvalue weighted by molar-refractivity contribution is 5.70. The van der Waals surface area contributed by atoms with Gasteiger partial charge in [-0.2, -0.15) is 0 Å². The van der Waals surface area contributed by atoms with E-state index < -0.39 is 5.97 Å². The molecule has 5 nitrogen and oxygen atoms in total. The number of benzene rings is 1. The molecule has 2 aromatic rings. The lowest BCUT2D eigenvalue weighted by molar-refractivity contribution is -0.136. The van der Waals surface area contributed by atoms with Gasteiger partial charge in [0.05, 0.1) is 6.42 Å². The van der Waals surface area contributed by atoms with E-state index in [4.69, 9.17) is 5.11 Å². The van der Waals surface area contributed by atoms with Crippen LogP contribution < -0.4 is 5.32 Å². The fourth-order valence-corrected chi connectivity index (χ4v) is 1.94. The van der Waals surface area contributed by atoms with Crippen molar-refractivity contribution >= 4 is 11.8 Å². The van der Waals surface area contributed by atoms with E-state index in [9.17, 15) is 4.79 Å². The molecule has 2 rings (SSSR count). The predicted molar refractivity (Wildman–Crippen MR) is 76.5 cm³/mol. The van der Waals surface area contributed by atoms with E-state index in [1.54, 1.807) is 0 Å².